The van der Waals surface area contributed by atoms with Gasteiger partial charge in [-0.25, -0.2) is 0 Å². The fraction of sp³-hybridized carbons (Fsp3) is 0.750. The van der Waals surface area contributed by atoms with Crippen LogP contribution in [0, 0.1) is 11.3 Å². The number of rotatable bonds is 1. The minimum atomic E-state index is -0.211. The summed E-state index contributed by atoms with van der Waals surface area (Å²) in [5.74, 6) is 0.443. The smallest absolute Gasteiger partial charge is 0.171 e. The van der Waals surface area contributed by atoms with E-state index < -0.39 is 0 Å². The maximum absolute atomic E-state index is 8.07. The molecule has 3 heteroatoms. The minimum absolute atomic E-state index is 0.0201. The fourth-order valence-corrected chi connectivity index (χ4v) is 0.608. The van der Waals surface area contributed by atoms with Gasteiger partial charge in [-0.05, 0) is 0 Å². The number of alkyl halides is 1. The van der Waals surface area contributed by atoms with Gasteiger partial charge >= 0.3 is 0 Å². The van der Waals surface area contributed by atoms with Gasteiger partial charge in [0.15, 0.2) is 6.10 Å². The largest absolute Gasteiger partial charge is 0.352 e. The van der Waals surface area contributed by atoms with Crippen molar-refractivity contribution < 1.29 is 4.74 Å². The highest BCUT2D eigenvalue weighted by Gasteiger charge is 2.37. The van der Waals surface area contributed by atoms with Gasteiger partial charge in [-0.15, -0.1) is 11.6 Å². The molecular formula is C4H4ClNO. The topological polar surface area (TPSA) is 36.3 Å². The van der Waals surface area contributed by atoms with E-state index in [1.165, 1.54) is 0 Å². The van der Waals surface area contributed by atoms with Crippen LogP contribution in [-0.4, -0.2) is 18.1 Å². The molecule has 1 rings (SSSR count). The Bertz CT molecular complexity index is 109. The molecule has 0 amide bonds. The van der Waals surface area contributed by atoms with Crippen LogP contribution in [0.15, 0.2) is 0 Å². The zero-order valence-corrected chi connectivity index (χ0v) is 4.35. The number of nitriles is 1. The lowest BCUT2D eigenvalue weighted by molar-refractivity contribution is 0.404. The molecule has 0 N–H and O–H groups in total. The molecule has 1 saturated heterocycles. The SMILES string of the molecule is N#C[C@H]1O[C@H]1CCl. The number of halogens is 1. The van der Waals surface area contributed by atoms with Crippen LogP contribution >= 0.6 is 11.6 Å². The van der Waals surface area contributed by atoms with Crippen molar-refractivity contribution in [3.63, 3.8) is 0 Å². The molecule has 0 aliphatic carbocycles. The van der Waals surface area contributed by atoms with Crippen molar-refractivity contribution in [1.82, 2.24) is 0 Å². The zero-order chi connectivity index (χ0) is 5.28. The van der Waals surface area contributed by atoms with Crippen LogP contribution < -0.4 is 0 Å². The second kappa shape index (κ2) is 1.69. The fourth-order valence-electron chi connectivity index (χ4n) is 0.374. The summed E-state index contributed by atoms with van der Waals surface area (Å²) in [6.07, 6.45) is -0.191. The Kier molecular flexibility index (Phi) is 1.18. The molecule has 0 aromatic rings. The molecule has 1 aliphatic heterocycles. The van der Waals surface area contributed by atoms with E-state index in [0.717, 1.165) is 0 Å². The first kappa shape index (κ1) is 4.89. The lowest BCUT2D eigenvalue weighted by atomic mass is 10.4. The maximum atomic E-state index is 8.07. The van der Waals surface area contributed by atoms with Crippen molar-refractivity contribution in [3.8, 4) is 6.07 Å². The molecule has 0 bridgehead atoms. The van der Waals surface area contributed by atoms with E-state index in [4.69, 9.17) is 21.6 Å². The van der Waals surface area contributed by atoms with Crippen molar-refractivity contribution in [2.24, 2.45) is 0 Å². The zero-order valence-electron chi connectivity index (χ0n) is 3.60. The Hall–Kier alpha value is -0.260. The summed E-state index contributed by atoms with van der Waals surface area (Å²) < 4.78 is 4.72. The average molecular weight is 118 g/mol. The molecule has 1 aliphatic rings. The Morgan fingerprint density at radius 3 is 2.71 bits per heavy atom. The third-order valence-electron chi connectivity index (χ3n) is 0.862. The molecule has 38 valence electrons. The van der Waals surface area contributed by atoms with Crippen molar-refractivity contribution in [2.75, 3.05) is 5.88 Å². The summed E-state index contributed by atoms with van der Waals surface area (Å²) in [5, 5.41) is 8.07. The van der Waals surface area contributed by atoms with Crippen LogP contribution in [0.1, 0.15) is 0 Å². The Labute approximate surface area is 46.6 Å². The summed E-state index contributed by atoms with van der Waals surface area (Å²) in [5.41, 5.74) is 0. The first-order valence-corrected chi connectivity index (χ1v) is 2.53. The number of nitrogens with zero attached hydrogens (tertiary/aromatic N) is 1. The van der Waals surface area contributed by atoms with Crippen molar-refractivity contribution in [2.45, 2.75) is 12.2 Å². The van der Waals surface area contributed by atoms with Gasteiger partial charge in [0.1, 0.15) is 6.10 Å². The standard InChI is InChI=1S/C4H4ClNO/c5-1-3-4(2-6)7-3/h3-4H,1H2/t3-,4+/m0/s1. The van der Waals surface area contributed by atoms with Crippen LogP contribution in [-0.2, 0) is 4.74 Å². The normalized spacial score (nSPS) is 37.1. The molecule has 2 atom stereocenters. The van der Waals surface area contributed by atoms with Crippen LogP contribution in [0.2, 0.25) is 0 Å². The van der Waals surface area contributed by atoms with Gasteiger partial charge in [-0.1, -0.05) is 0 Å². The summed E-state index contributed by atoms with van der Waals surface area (Å²) in [6, 6.07) is 1.93. The van der Waals surface area contributed by atoms with Crippen LogP contribution in [0.5, 0.6) is 0 Å². The second-order valence-electron chi connectivity index (χ2n) is 1.38. The highest BCUT2D eigenvalue weighted by Crippen LogP contribution is 2.21. The van der Waals surface area contributed by atoms with E-state index in [9.17, 15) is 0 Å². The highest BCUT2D eigenvalue weighted by atomic mass is 35.5. The molecule has 0 aromatic heterocycles. The predicted molar refractivity (Wildman–Crippen MR) is 25.0 cm³/mol. The van der Waals surface area contributed by atoms with E-state index in [1.807, 2.05) is 6.07 Å². The predicted octanol–water partition coefficient (Wildman–Crippen LogP) is 0.516. The van der Waals surface area contributed by atoms with Gasteiger partial charge in [-0.2, -0.15) is 5.26 Å². The molecule has 1 fully saturated rings. The van der Waals surface area contributed by atoms with E-state index >= 15 is 0 Å². The van der Waals surface area contributed by atoms with Gasteiger partial charge in [-0.3, -0.25) is 0 Å². The van der Waals surface area contributed by atoms with Crippen molar-refractivity contribution in [3.05, 3.63) is 0 Å². The van der Waals surface area contributed by atoms with Crippen molar-refractivity contribution in [1.29, 1.82) is 5.26 Å². The van der Waals surface area contributed by atoms with Gasteiger partial charge in [0.25, 0.3) is 0 Å². The van der Waals surface area contributed by atoms with Crippen LogP contribution in [0.3, 0.4) is 0 Å². The van der Waals surface area contributed by atoms with Gasteiger partial charge in [0.05, 0.1) is 11.9 Å². The molecule has 0 unspecified atom stereocenters. The summed E-state index contributed by atoms with van der Waals surface area (Å²) in [6.45, 7) is 0. The molecule has 7 heavy (non-hydrogen) atoms. The lowest BCUT2D eigenvalue weighted by Gasteiger charge is -1.68. The monoisotopic (exact) mass is 117 g/mol. The Morgan fingerprint density at radius 2 is 2.57 bits per heavy atom. The van der Waals surface area contributed by atoms with E-state index in [2.05, 4.69) is 0 Å². The first-order valence-electron chi connectivity index (χ1n) is 1.99. The van der Waals surface area contributed by atoms with Crippen LogP contribution in [0.4, 0.5) is 0 Å². The molecule has 0 spiro atoms. The number of ether oxygens (including phenoxy) is 1. The molecule has 1 heterocycles. The lowest BCUT2D eigenvalue weighted by Crippen LogP contribution is -1.89. The summed E-state index contributed by atoms with van der Waals surface area (Å²) >= 11 is 5.30. The molecular weight excluding hydrogens is 114 g/mol. The molecule has 0 saturated carbocycles. The molecule has 0 aromatic carbocycles. The summed E-state index contributed by atoms with van der Waals surface area (Å²) in [4.78, 5) is 0. The van der Waals surface area contributed by atoms with Crippen molar-refractivity contribution >= 4 is 11.6 Å². The summed E-state index contributed by atoms with van der Waals surface area (Å²) in [7, 11) is 0. The third kappa shape index (κ3) is 0.846. The Morgan fingerprint density at radius 1 is 1.86 bits per heavy atom. The highest BCUT2D eigenvalue weighted by molar-refractivity contribution is 6.18. The second-order valence-corrected chi connectivity index (χ2v) is 1.69. The average Bonchev–Trinajstić information content (AvgIpc) is 2.43. The quantitative estimate of drug-likeness (QED) is 0.371. The Balaban J connectivity index is 2.21. The van der Waals surface area contributed by atoms with E-state index in [-0.39, 0.29) is 12.2 Å². The first-order chi connectivity index (χ1) is 3.38. The third-order valence-corrected chi connectivity index (χ3v) is 1.17. The molecule has 0 radical (unpaired) electrons. The van der Waals surface area contributed by atoms with Gasteiger partial charge < -0.3 is 4.74 Å². The van der Waals surface area contributed by atoms with Crippen LogP contribution in [0.25, 0.3) is 0 Å². The number of hydrogen-bond acceptors (Lipinski definition) is 2. The number of hydrogen-bond donors (Lipinski definition) is 0. The van der Waals surface area contributed by atoms with Gasteiger partial charge in [0.2, 0.25) is 0 Å². The molecule has 2 nitrogen and oxygen atoms in total. The number of epoxide rings is 1. The maximum Gasteiger partial charge on any atom is 0.171 e. The minimum Gasteiger partial charge on any atom is -0.352 e. The van der Waals surface area contributed by atoms with E-state index in [1.54, 1.807) is 0 Å². The van der Waals surface area contributed by atoms with E-state index in [0.29, 0.717) is 5.88 Å². The van der Waals surface area contributed by atoms with Gasteiger partial charge in [0, 0.05) is 0 Å².